The van der Waals surface area contributed by atoms with Crippen LogP contribution in [0.1, 0.15) is 39.0 Å². The SMILES string of the molecule is CC1CCCN(C(=NCC2CCS(=O)(=O)C2)NCC2CCCO2)C1.I. The van der Waals surface area contributed by atoms with Crippen LogP contribution >= 0.6 is 24.0 Å². The van der Waals surface area contributed by atoms with Crippen LogP contribution in [0.5, 0.6) is 0 Å². The molecular weight excluding hydrogens is 453 g/mol. The van der Waals surface area contributed by atoms with Crippen LogP contribution in [0.15, 0.2) is 4.99 Å². The van der Waals surface area contributed by atoms with Crippen LogP contribution in [0, 0.1) is 11.8 Å². The Labute approximate surface area is 169 Å². The fraction of sp³-hybridized carbons (Fsp3) is 0.941. The molecule has 3 fully saturated rings. The molecule has 3 heterocycles. The average molecular weight is 485 g/mol. The van der Waals surface area contributed by atoms with Crippen LogP contribution in [0.3, 0.4) is 0 Å². The lowest BCUT2D eigenvalue weighted by molar-refractivity contribution is 0.112. The largest absolute Gasteiger partial charge is 0.376 e. The van der Waals surface area contributed by atoms with Gasteiger partial charge in [0.15, 0.2) is 15.8 Å². The first-order valence-electron chi connectivity index (χ1n) is 9.37. The first-order chi connectivity index (χ1) is 11.5. The highest BCUT2D eigenvalue weighted by Gasteiger charge is 2.28. The number of nitrogens with one attached hydrogen (secondary N) is 1. The van der Waals surface area contributed by atoms with E-state index in [4.69, 9.17) is 9.73 Å². The van der Waals surface area contributed by atoms with Crippen LogP contribution in [-0.4, -0.2) is 69.7 Å². The summed E-state index contributed by atoms with van der Waals surface area (Å²) >= 11 is 0. The van der Waals surface area contributed by atoms with Crippen molar-refractivity contribution in [1.82, 2.24) is 10.2 Å². The molecule has 3 unspecified atom stereocenters. The highest BCUT2D eigenvalue weighted by atomic mass is 127. The molecule has 0 amide bonds. The Hall–Kier alpha value is -0.0900. The van der Waals surface area contributed by atoms with Gasteiger partial charge in [0.1, 0.15) is 0 Å². The van der Waals surface area contributed by atoms with Crippen LogP contribution in [0.4, 0.5) is 0 Å². The number of guanidine groups is 1. The molecule has 3 atom stereocenters. The Morgan fingerprint density at radius 3 is 2.76 bits per heavy atom. The Morgan fingerprint density at radius 1 is 1.28 bits per heavy atom. The van der Waals surface area contributed by atoms with Crippen molar-refractivity contribution in [2.45, 2.75) is 45.1 Å². The van der Waals surface area contributed by atoms with Crippen molar-refractivity contribution in [2.24, 2.45) is 16.8 Å². The van der Waals surface area contributed by atoms with E-state index in [2.05, 4.69) is 17.1 Å². The predicted octanol–water partition coefficient (Wildman–Crippen LogP) is 1.90. The van der Waals surface area contributed by atoms with Gasteiger partial charge < -0.3 is 15.0 Å². The number of nitrogens with zero attached hydrogens (tertiary/aromatic N) is 2. The summed E-state index contributed by atoms with van der Waals surface area (Å²) in [5.41, 5.74) is 0. The molecule has 0 aromatic heterocycles. The van der Waals surface area contributed by atoms with Crippen LogP contribution in [0.2, 0.25) is 0 Å². The van der Waals surface area contributed by atoms with Crippen molar-refractivity contribution >= 4 is 39.8 Å². The number of hydrogen-bond donors (Lipinski definition) is 1. The molecule has 3 aliphatic rings. The van der Waals surface area contributed by atoms with E-state index in [9.17, 15) is 8.42 Å². The second kappa shape index (κ2) is 9.73. The van der Waals surface area contributed by atoms with E-state index >= 15 is 0 Å². The summed E-state index contributed by atoms with van der Waals surface area (Å²) in [6.45, 7) is 6.61. The smallest absolute Gasteiger partial charge is 0.194 e. The van der Waals surface area contributed by atoms with Gasteiger partial charge in [0.25, 0.3) is 0 Å². The van der Waals surface area contributed by atoms with E-state index in [0.29, 0.717) is 24.0 Å². The molecule has 3 rings (SSSR count). The van der Waals surface area contributed by atoms with Crippen molar-refractivity contribution in [3.05, 3.63) is 0 Å². The number of sulfone groups is 1. The molecule has 3 aliphatic heterocycles. The van der Waals surface area contributed by atoms with E-state index < -0.39 is 9.84 Å². The maximum absolute atomic E-state index is 11.6. The fourth-order valence-corrected chi connectivity index (χ4v) is 5.74. The molecule has 25 heavy (non-hydrogen) atoms. The summed E-state index contributed by atoms with van der Waals surface area (Å²) in [4.78, 5) is 7.14. The van der Waals surface area contributed by atoms with E-state index in [1.807, 2.05) is 0 Å². The monoisotopic (exact) mass is 485 g/mol. The molecular formula is C17H32IN3O3S. The zero-order chi connectivity index (χ0) is 17.0. The van der Waals surface area contributed by atoms with Gasteiger partial charge in [0.2, 0.25) is 0 Å². The molecule has 0 spiro atoms. The molecule has 0 bridgehead atoms. The minimum absolute atomic E-state index is 0. The summed E-state index contributed by atoms with van der Waals surface area (Å²) in [5, 5.41) is 3.50. The van der Waals surface area contributed by atoms with E-state index in [0.717, 1.165) is 51.5 Å². The van der Waals surface area contributed by atoms with Gasteiger partial charge in [0.05, 0.1) is 17.6 Å². The van der Waals surface area contributed by atoms with E-state index in [1.165, 1.54) is 12.8 Å². The molecule has 0 radical (unpaired) electrons. The van der Waals surface area contributed by atoms with Crippen molar-refractivity contribution in [3.8, 4) is 0 Å². The average Bonchev–Trinajstić information content (AvgIpc) is 3.17. The molecule has 1 N–H and O–H groups in total. The predicted molar refractivity (Wildman–Crippen MR) is 111 cm³/mol. The third kappa shape index (κ3) is 6.53. The number of hydrogen-bond acceptors (Lipinski definition) is 4. The number of likely N-dealkylation sites (tertiary alicyclic amines) is 1. The Morgan fingerprint density at radius 2 is 2.12 bits per heavy atom. The molecule has 146 valence electrons. The molecule has 3 saturated heterocycles. The summed E-state index contributed by atoms with van der Waals surface area (Å²) in [5.74, 6) is 2.43. The van der Waals surface area contributed by atoms with Gasteiger partial charge in [-0.05, 0) is 43.9 Å². The summed E-state index contributed by atoms with van der Waals surface area (Å²) < 4.78 is 29.0. The lowest BCUT2D eigenvalue weighted by Gasteiger charge is -2.34. The fourth-order valence-electron chi connectivity index (χ4n) is 3.89. The van der Waals surface area contributed by atoms with E-state index in [1.54, 1.807) is 0 Å². The zero-order valence-corrected chi connectivity index (χ0v) is 18.3. The normalized spacial score (nSPS) is 32.4. The standard InChI is InChI=1S/C17H31N3O3S.HI/c1-14-4-2-7-20(12-14)17(19-11-16-5-3-8-23-16)18-10-15-6-9-24(21,22)13-15;/h14-16H,2-13H2,1H3,(H,18,19);1H. The topological polar surface area (TPSA) is 71.0 Å². The first-order valence-corrected chi connectivity index (χ1v) is 11.2. The minimum Gasteiger partial charge on any atom is -0.376 e. The van der Waals surface area contributed by atoms with Gasteiger partial charge in [-0.3, -0.25) is 4.99 Å². The molecule has 0 aliphatic carbocycles. The molecule has 0 saturated carbocycles. The Kier molecular flexibility index (Phi) is 8.26. The molecule has 8 heteroatoms. The third-order valence-electron chi connectivity index (χ3n) is 5.29. The highest BCUT2D eigenvalue weighted by molar-refractivity contribution is 14.0. The molecule has 0 aromatic carbocycles. The van der Waals surface area contributed by atoms with Gasteiger partial charge in [-0.15, -0.1) is 24.0 Å². The molecule has 6 nitrogen and oxygen atoms in total. The maximum Gasteiger partial charge on any atom is 0.194 e. The number of aliphatic imine (C=N–C) groups is 1. The summed E-state index contributed by atoms with van der Waals surface area (Å²) in [6, 6.07) is 0. The lowest BCUT2D eigenvalue weighted by atomic mass is 10.0. The second-order valence-electron chi connectivity index (χ2n) is 7.64. The first kappa shape index (κ1) is 21.2. The lowest BCUT2D eigenvalue weighted by Crippen LogP contribution is -2.48. The van der Waals surface area contributed by atoms with Crippen LogP contribution < -0.4 is 5.32 Å². The van der Waals surface area contributed by atoms with Crippen molar-refractivity contribution in [1.29, 1.82) is 0 Å². The number of rotatable bonds is 4. The van der Waals surface area contributed by atoms with Crippen LogP contribution in [0.25, 0.3) is 0 Å². The highest BCUT2D eigenvalue weighted by Crippen LogP contribution is 2.20. The van der Waals surface area contributed by atoms with Gasteiger partial charge in [-0.2, -0.15) is 0 Å². The number of piperidine rings is 1. The quantitative estimate of drug-likeness (QED) is 0.374. The van der Waals surface area contributed by atoms with Crippen molar-refractivity contribution in [3.63, 3.8) is 0 Å². The second-order valence-corrected chi connectivity index (χ2v) is 9.87. The molecule has 0 aromatic rings. The van der Waals surface area contributed by atoms with Crippen molar-refractivity contribution < 1.29 is 13.2 Å². The summed E-state index contributed by atoms with van der Waals surface area (Å²) in [6.07, 6.45) is 5.75. The number of halogens is 1. The van der Waals surface area contributed by atoms with E-state index in [-0.39, 0.29) is 36.0 Å². The van der Waals surface area contributed by atoms with Crippen LogP contribution in [-0.2, 0) is 14.6 Å². The Balaban J connectivity index is 0.00000225. The van der Waals surface area contributed by atoms with Crippen molar-refractivity contribution in [2.75, 3.05) is 44.3 Å². The zero-order valence-electron chi connectivity index (χ0n) is 15.2. The maximum atomic E-state index is 11.6. The minimum atomic E-state index is -2.83. The third-order valence-corrected chi connectivity index (χ3v) is 7.13. The van der Waals surface area contributed by atoms with Gasteiger partial charge in [-0.25, -0.2) is 8.42 Å². The van der Waals surface area contributed by atoms with Gasteiger partial charge in [-0.1, -0.05) is 6.92 Å². The Bertz CT molecular complexity index is 549. The van der Waals surface area contributed by atoms with Gasteiger partial charge >= 0.3 is 0 Å². The summed E-state index contributed by atoms with van der Waals surface area (Å²) in [7, 11) is -2.83. The number of ether oxygens (including phenoxy) is 1. The van der Waals surface area contributed by atoms with Gasteiger partial charge in [0, 0.05) is 32.8 Å².